The number of nitrogens with one attached hydrogen (secondary N) is 1. The van der Waals surface area contributed by atoms with Gasteiger partial charge in [-0.2, -0.15) is 5.10 Å². The summed E-state index contributed by atoms with van der Waals surface area (Å²) in [5, 5.41) is 7.90. The number of aromatic nitrogens is 3. The molecule has 162 valence electrons. The van der Waals surface area contributed by atoms with Crippen LogP contribution in [0.15, 0.2) is 12.3 Å². The highest BCUT2D eigenvalue weighted by Gasteiger charge is 2.39. The second kappa shape index (κ2) is 8.85. The van der Waals surface area contributed by atoms with E-state index < -0.39 is 0 Å². The van der Waals surface area contributed by atoms with Crippen LogP contribution in [0.4, 0.5) is 0 Å². The normalized spacial score (nSPS) is 19.1. The third-order valence-corrected chi connectivity index (χ3v) is 6.78. The zero-order chi connectivity index (χ0) is 21.1. The van der Waals surface area contributed by atoms with Crippen molar-refractivity contribution in [3.8, 4) is 0 Å². The minimum atomic E-state index is -0.345. The van der Waals surface area contributed by atoms with E-state index in [1.807, 2.05) is 18.5 Å². The summed E-state index contributed by atoms with van der Waals surface area (Å²) in [6, 6.07) is 1.66. The van der Waals surface area contributed by atoms with Crippen LogP contribution in [0.2, 0.25) is 0 Å². The summed E-state index contributed by atoms with van der Waals surface area (Å²) in [5.74, 6) is -0.302. The van der Waals surface area contributed by atoms with Crippen molar-refractivity contribution in [2.75, 3.05) is 26.4 Å². The van der Waals surface area contributed by atoms with Crippen LogP contribution in [0.5, 0.6) is 0 Å². The lowest BCUT2D eigenvalue weighted by Crippen LogP contribution is -2.40. The van der Waals surface area contributed by atoms with Crippen LogP contribution in [-0.2, 0) is 28.9 Å². The van der Waals surface area contributed by atoms with Crippen LogP contribution in [-0.4, -0.2) is 52.4 Å². The molecular formula is C21H28N4O4S. The van der Waals surface area contributed by atoms with Gasteiger partial charge in [0.05, 0.1) is 12.3 Å². The van der Waals surface area contributed by atoms with Gasteiger partial charge >= 0.3 is 5.97 Å². The molecule has 9 heteroatoms. The Morgan fingerprint density at radius 2 is 2.23 bits per heavy atom. The Labute approximate surface area is 180 Å². The molecule has 1 atom stereocenters. The lowest BCUT2D eigenvalue weighted by atomic mass is 9.75. The number of fused-ring (bicyclic) bond motifs is 1. The van der Waals surface area contributed by atoms with Gasteiger partial charge in [-0.15, -0.1) is 0 Å². The smallest absolute Gasteiger partial charge is 0.349 e. The molecule has 0 bridgehead atoms. The van der Waals surface area contributed by atoms with Crippen molar-refractivity contribution in [1.82, 2.24) is 19.5 Å². The van der Waals surface area contributed by atoms with E-state index >= 15 is 0 Å². The van der Waals surface area contributed by atoms with E-state index in [1.165, 1.54) is 0 Å². The predicted octanol–water partition coefficient (Wildman–Crippen LogP) is 2.48. The topological polar surface area (TPSA) is 95.3 Å². The second-order valence-corrected chi connectivity index (χ2v) is 9.18. The maximum atomic E-state index is 12.9. The highest BCUT2D eigenvalue weighted by molar-refractivity contribution is 7.07. The molecule has 8 nitrogen and oxygen atoms in total. The molecule has 1 saturated heterocycles. The van der Waals surface area contributed by atoms with Gasteiger partial charge in [0.2, 0.25) is 0 Å². The molecule has 2 aromatic heterocycles. The Bertz CT molecular complexity index is 903. The molecule has 1 spiro atoms. The van der Waals surface area contributed by atoms with E-state index in [0.717, 1.165) is 55.3 Å². The van der Waals surface area contributed by atoms with Gasteiger partial charge < -0.3 is 14.8 Å². The molecule has 0 aromatic carbocycles. The van der Waals surface area contributed by atoms with Crippen LogP contribution in [0.25, 0.3) is 0 Å². The molecular weight excluding hydrogens is 404 g/mol. The molecule has 0 saturated carbocycles. The summed E-state index contributed by atoms with van der Waals surface area (Å²) in [7, 11) is 0. The molecule has 0 radical (unpaired) electrons. The number of aryl methyl sites for hydroxylation is 1. The summed E-state index contributed by atoms with van der Waals surface area (Å²) in [4.78, 5) is 25.5. The summed E-state index contributed by atoms with van der Waals surface area (Å²) in [5.41, 5.74) is 2.70. The average molecular weight is 433 g/mol. The number of esters is 1. The number of hydrogen-bond donors (Lipinski definition) is 1. The summed E-state index contributed by atoms with van der Waals surface area (Å²) < 4.78 is 16.8. The van der Waals surface area contributed by atoms with Crippen LogP contribution in [0, 0.1) is 11.3 Å². The molecule has 4 heterocycles. The Morgan fingerprint density at radius 1 is 1.43 bits per heavy atom. The lowest BCUT2D eigenvalue weighted by Gasteiger charge is -2.36. The maximum Gasteiger partial charge on any atom is 0.349 e. The Hall–Kier alpha value is -2.26. The van der Waals surface area contributed by atoms with Gasteiger partial charge in [0.1, 0.15) is 10.6 Å². The fraction of sp³-hybridized carbons (Fsp3) is 0.619. The Balaban J connectivity index is 1.52. The van der Waals surface area contributed by atoms with E-state index in [2.05, 4.69) is 9.69 Å². The van der Waals surface area contributed by atoms with Gasteiger partial charge in [0, 0.05) is 38.1 Å². The number of hydrogen-bond acceptors (Lipinski definition) is 7. The zero-order valence-corrected chi connectivity index (χ0v) is 18.3. The number of rotatable bonds is 6. The van der Waals surface area contributed by atoms with Gasteiger partial charge in [-0.25, -0.2) is 9.17 Å². The van der Waals surface area contributed by atoms with Gasteiger partial charge in [0.25, 0.3) is 5.91 Å². The van der Waals surface area contributed by atoms with Crippen molar-refractivity contribution in [2.24, 2.45) is 11.3 Å². The molecule has 2 aliphatic heterocycles. The summed E-state index contributed by atoms with van der Waals surface area (Å²) in [6.07, 6.45) is 4.95. The fourth-order valence-electron chi connectivity index (χ4n) is 4.33. The first-order valence-electron chi connectivity index (χ1n) is 10.5. The predicted molar refractivity (Wildman–Crippen MR) is 112 cm³/mol. The number of carbonyl (C=O) groups excluding carboxylic acids is 2. The van der Waals surface area contributed by atoms with E-state index in [9.17, 15) is 9.59 Å². The Kier molecular flexibility index (Phi) is 6.19. The average Bonchev–Trinajstić information content (AvgIpc) is 3.37. The largest absolute Gasteiger partial charge is 0.461 e. The second-order valence-electron chi connectivity index (χ2n) is 8.35. The molecule has 0 aliphatic carbocycles. The molecule has 1 N–H and O–H groups in total. The SMILES string of the molecule is CCn1nc(CC(C)COC(=O)c2ccns2)c2c1C(=O)NCC1(CCOCC1)C2. The van der Waals surface area contributed by atoms with Crippen LogP contribution in [0.1, 0.15) is 58.1 Å². The van der Waals surface area contributed by atoms with Crippen molar-refractivity contribution in [1.29, 1.82) is 0 Å². The number of ether oxygens (including phenoxy) is 2. The molecule has 2 aliphatic rings. The molecule has 1 fully saturated rings. The quantitative estimate of drug-likeness (QED) is 0.705. The highest BCUT2D eigenvalue weighted by atomic mass is 32.1. The minimum absolute atomic E-state index is 0.0252. The van der Waals surface area contributed by atoms with E-state index in [4.69, 9.17) is 14.6 Å². The standard InChI is InChI=1S/C21H28N4O4S/c1-3-25-18-15(11-21(13-22-19(18)26)5-8-28-9-6-21)16(24-25)10-14(2)12-29-20(27)17-4-7-23-30-17/h4,7,14H,3,5-6,8-13H2,1-2H3,(H,22,26). The van der Waals surface area contributed by atoms with E-state index in [1.54, 1.807) is 12.3 Å². The summed E-state index contributed by atoms with van der Waals surface area (Å²) in [6.45, 7) is 7.11. The van der Waals surface area contributed by atoms with Crippen molar-refractivity contribution in [3.63, 3.8) is 0 Å². The van der Waals surface area contributed by atoms with Crippen molar-refractivity contribution in [2.45, 2.75) is 46.1 Å². The van der Waals surface area contributed by atoms with Crippen molar-refractivity contribution in [3.05, 3.63) is 34.1 Å². The van der Waals surface area contributed by atoms with Crippen LogP contribution in [0.3, 0.4) is 0 Å². The number of amides is 1. The van der Waals surface area contributed by atoms with Crippen LogP contribution >= 0.6 is 11.5 Å². The number of carbonyl (C=O) groups is 2. The third kappa shape index (κ3) is 4.27. The third-order valence-electron chi connectivity index (χ3n) is 6.06. The fourth-order valence-corrected chi connectivity index (χ4v) is 4.82. The Morgan fingerprint density at radius 3 is 2.93 bits per heavy atom. The first-order chi connectivity index (χ1) is 14.5. The van der Waals surface area contributed by atoms with Crippen molar-refractivity contribution >= 4 is 23.4 Å². The van der Waals surface area contributed by atoms with Crippen molar-refractivity contribution < 1.29 is 19.1 Å². The van der Waals surface area contributed by atoms with Gasteiger partial charge in [-0.05, 0) is 61.5 Å². The molecule has 1 amide bonds. The molecule has 30 heavy (non-hydrogen) atoms. The monoisotopic (exact) mass is 432 g/mol. The van der Waals surface area contributed by atoms with E-state index in [0.29, 0.717) is 36.7 Å². The van der Waals surface area contributed by atoms with Gasteiger partial charge in [-0.3, -0.25) is 9.48 Å². The first-order valence-corrected chi connectivity index (χ1v) is 11.3. The van der Waals surface area contributed by atoms with Gasteiger partial charge in [-0.1, -0.05) is 6.92 Å². The first kappa shape index (κ1) is 21.0. The molecule has 1 unspecified atom stereocenters. The zero-order valence-electron chi connectivity index (χ0n) is 17.5. The molecule has 4 rings (SSSR count). The van der Waals surface area contributed by atoms with E-state index in [-0.39, 0.29) is 23.2 Å². The number of nitrogens with zero attached hydrogens (tertiary/aromatic N) is 3. The van der Waals surface area contributed by atoms with Gasteiger partial charge in [0.15, 0.2) is 0 Å². The lowest BCUT2D eigenvalue weighted by molar-refractivity contribution is 0.0160. The maximum absolute atomic E-state index is 12.9. The summed E-state index contributed by atoms with van der Waals surface area (Å²) >= 11 is 1.13. The van der Waals surface area contributed by atoms with Crippen LogP contribution < -0.4 is 5.32 Å². The molecule has 2 aromatic rings. The minimum Gasteiger partial charge on any atom is -0.461 e. The highest BCUT2D eigenvalue weighted by Crippen LogP contribution is 2.38.